The van der Waals surface area contributed by atoms with E-state index in [4.69, 9.17) is 4.74 Å². The number of H-pyrrole nitrogens is 1. The fourth-order valence-electron chi connectivity index (χ4n) is 1.24. The first-order valence-electron chi connectivity index (χ1n) is 4.59. The van der Waals surface area contributed by atoms with Gasteiger partial charge in [0.25, 0.3) is 0 Å². The summed E-state index contributed by atoms with van der Waals surface area (Å²) in [6.07, 6.45) is 2.64. The summed E-state index contributed by atoms with van der Waals surface area (Å²) in [6.45, 7) is 3.81. The molecule has 1 fully saturated rings. The van der Waals surface area contributed by atoms with Crippen molar-refractivity contribution < 1.29 is 4.74 Å². The molecule has 1 saturated heterocycles. The van der Waals surface area contributed by atoms with Gasteiger partial charge < -0.3 is 10.1 Å². The van der Waals surface area contributed by atoms with Crippen molar-refractivity contribution in [3.8, 4) is 0 Å². The number of hydrogen-bond acceptors (Lipinski definition) is 4. The third kappa shape index (κ3) is 3.25. The fraction of sp³-hybridized carbons (Fsp3) is 0.750. The molecule has 0 aliphatic carbocycles. The summed E-state index contributed by atoms with van der Waals surface area (Å²) in [4.78, 5) is 0. The molecule has 0 bridgehead atoms. The van der Waals surface area contributed by atoms with Crippen LogP contribution in [-0.2, 0) is 11.2 Å². The fourth-order valence-corrected chi connectivity index (χ4v) is 1.24. The second-order valence-electron chi connectivity index (χ2n) is 3.31. The lowest BCUT2D eigenvalue weighted by Crippen LogP contribution is -2.44. The zero-order valence-electron chi connectivity index (χ0n) is 7.90. The molecule has 0 radical (unpaired) electrons. The van der Waals surface area contributed by atoms with E-state index in [1.807, 2.05) is 0 Å². The van der Waals surface area contributed by atoms with Crippen LogP contribution in [-0.4, -0.2) is 41.7 Å². The molecule has 1 aliphatic rings. The third-order valence-electron chi connectivity index (χ3n) is 2.19. The molecule has 0 saturated carbocycles. The maximum absolute atomic E-state index is 5.49. The maximum Gasteiger partial charge on any atom is 0.0847 e. The Kier molecular flexibility index (Phi) is 4.86. The molecule has 80 valence electrons. The number of aromatic amines is 1. The number of nitrogens with zero attached hydrogens (tertiary/aromatic N) is 2. The van der Waals surface area contributed by atoms with Gasteiger partial charge in [-0.25, -0.2) is 0 Å². The molecule has 6 heteroatoms. The lowest BCUT2D eigenvalue weighted by Gasteiger charge is -2.26. The van der Waals surface area contributed by atoms with Gasteiger partial charge in [-0.2, -0.15) is 0 Å². The average molecular weight is 219 g/mol. The van der Waals surface area contributed by atoms with Gasteiger partial charge in [-0.15, -0.1) is 17.5 Å². The van der Waals surface area contributed by atoms with Crippen LogP contribution in [0.4, 0.5) is 0 Å². The Bertz CT molecular complexity index is 237. The SMILES string of the molecule is Cl.c1[nH]nnc1CCOCC1CNC1. The minimum atomic E-state index is 0. The van der Waals surface area contributed by atoms with Crippen LogP contribution in [0.1, 0.15) is 5.69 Å². The van der Waals surface area contributed by atoms with Crippen molar-refractivity contribution in [3.05, 3.63) is 11.9 Å². The molecule has 0 aromatic carbocycles. The Morgan fingerprint density at radius 1 is 1.50 bits per heavy atom. The first-order valence-corrected chi connectivity index (χ1v) is 4.59. The van der Waals surface area contributed by atoms with Gasteiger partial charge in [-0.1, -0.05) is 5.21 Å². The predicted octanol–water partition coefficient (Wildman–Crippen LogP) is 0.00500. The highest BCUT2D eigenvalue weighted by atomic mass is 35.5. The summed E-state index contributed by atoms with van der Waals surface area (Å²) >= 11 is 0. The highest BCUT2D eigenvalue weighted by Crippen LogP contribution is 2.03. The van der Waals surface area contributed by atoms with Gasteiger partial charge in [0, 0.05) is 31.6 Å². The number of hydrogen-bond donors (Lipinski definition) is 2. The van der Waals surface area contributed by atoms with E-state index in [9.17, 15) is 0 Å². The zero-order valence-corrected chi connectivity index (χ0v) is 8.72. The largest absolute Gasteiger partial charge is 0.381 e. The minimum absolute atomic E-state index is 0. The Hall–Kier alpha value is -0.650. The van der Waals surface area contributed by atoms with Crippen molar-refractivity contribution in [2.24, 2.45) is 5.92 Å². The van der Waals surface area contributed by atoms with E-state index in [-0.39, 0.29) is 12.4 Å². The van der Waals surface area contributed by atoms with Crippen LogP contribution in [0.25, 0.3) is 0 Å². The Morgan fingerprint density at radius 2 is 2.36 bits per heavy atom. The predicted molar refractivity (Wildman–Crippen MR) is 54.5 cm³/mol. The van der Waals surface area contributed by atoms with Crippen LogP contribution < -0.4 is 5.32 Å². The van der Waals surface area contributed by atoms with Gasteiger partial charge in [-0.3, -0.25) is 5.10 Å². The van der Waals surface area contributed by atoms with E-state index in [2.05, 4.69) is 20.7 Å². The van der Waals surface area contributed by atoms with Gasteiger partial charge in [0.2, 0.25) is 0 Å². The number of rotatable bonds is 5. The van der Waals surface area contributed by atoms with Crippen LogP contribution in [0.5, 0.6) is 0 Å². The number of nitrogens with one attached hydrogen (secondary N) is 2. The Morgan fingerprint density at radius 3 is 2.93 bits per heavy atom. The lowest BCUT2D eigenvalue weighted by atomic mass is 10.1. The molecule has 2 heterocycles. The topological polar surface area (TPSA) is 62.8 Å². The molecular formula is C8H15ClN4O. The summed E-state index contributed by atoms with van der Waals surface area (Å²) in [6, 6.07) is 0. The van der Waals surface area contributed by atoms with Crippen LogP contribution in [0, 0.1) is 5.92 Å². The molecule has 0 unspecified atom stereocenters. The molecule has 2 N–H and O–H groups in total. The van der Waals surface area contributed by atoms with E-state index in [1.54, 1.807) is 6.20 Å². The van der Waals surface area contributed by atoms with E-state index in [1.165, 1.54) is 0 Å². The summed E-state index contributed by atoms with van der Waals surface area (Å²) in [5, 5.41) is 13.4. The van der Waals surface area contributed by atoms with Gasteiger partial charge >= 0.3 is 0 Å². The van der Waals surface area contributed by atoms with Crippen molar-refractivity contribution in [1.29, 1.82) is 0 Å². The Balaban J connectivity index is 0.000000980. The molecule has 14 heavy (non-hydrogen) atoms. The maximum atomic E-state index is 5.49. The zero-order chi connectivity index (χ0) is 8.93. The monoisotopic (exact) mass is 218 g/mol. The van der Waals surface area contributed by atoms with E-state index in [0.29, 0.717) is 0 Å². The highest BCUT2D eigenvalue weighted by molar-refractivity contribution is 5.85. The second-order valence-corrected chi connectivity index (χ2v) is 3.31. The molecule has 1 aromatic heterocycles. The summed E-state index contributed by atoms with van der Waals surface area (Å²) < 4.78 is 5.49. The first-order chi connectivity index (χ1) is 6.45. The number of halogens is 1. The molecule has 0 spiro atoms. The van der Waals surface area contributed by atoms with Crippen LogP contribution in [0.15, 0.2) is 6.20 Å². The molecule has 0 atom stereocenters. The van der Waals surface area contributed by atoms with Crippen molar-refractivity contribution in [3.63, 3.8) is 0 Å². The van der Waals surface area contributed by atoms with E-state index in [0.717, 1.165) is 44.3 Å². The number of ether oxygens (including phenoxy) is 1. The standard InChI is InChI=1S/C8H14N4O.ClH/c1(8-5-10-12-11-8)2-13-6-7-3-9-4-7;/h5,7,9H,1-4,6H2,(H,10,11,12);1H. The van der Waals surface area contributed by atoms with Gasteiger partial charge in [-0.05, 0) is 0 Å². The molecular weight excluding hydrogens is 204 g/mol. The van der Waals surface area contributed by atoms with E-state index >= 15 is 0 Å². The quantitative estimate of drug-likeness (QED) is 0.684. The molecule has 0 amide bonds. The molecule has 1 aromatic rings. The van der Waals surface area contributed by atoms with Crippen LogP contribution in [0.3, 0.4) is 0 Å². The molecule has 5 nitrogen and oxygen atoms in total. The summed E-state index contributed by atoms with van der Waals surface area (Å²) in [5.41, 5.74) is 0.965. The van der Waals surface area contributed by atoms with Crippen LogP contribution >= 0.6 is 12.4 Å². The molecule has 2 rings (SSSR count). The summed E-state index contributed by atoms with van der Waals surface area (Å²) in [5.74, 6) is 0.720. The van der Waals surface area contributed by atoms with Crippen LogP contribution in [0.2, 0.25) is 0 Å². The third-order valence-corrected chi connectivity index (χ3v) is 2.19. The van der Waals surface area contributed by atoms with Gasteiger partial charge in [0.1, 0.15) is 0 Å². The van der Waals surface area contributed by atoms with Crippen molar-refractivity contribution in [2.75, 3.05) is 26.3 Å². The van der Waals surface area contributed by atoms with Gasteiger partial charge in [0.05, 0.1) is 18.9 Å². The minimum Gasteiger partial charge on any atom is -0.381 e. The lowest BCUT2D eigenvalue weighted by molar-refractivity contribution is 0.0817. The van der Waals surface area contributed by atoms with E-state index < -0.39 is 0 Å². The smallest absolute Gasteiger partial charge is 0.0847 e. The second kappa shape index (κ2) is 5.95. The average Bonchev–Trinajstić information content (AvgIpc) is 2.53. The summed E-state index contributed by atoms with van der Waals surface area (Å²) in [7, 11) is 0. The van der Waals surface area contributed by atoms with Gasteiger partial charge in [0.15, 0.2) is 0 Å². The molecule has 1 aliphatic heterocycles. The normalized spacial score (nSPS) is 16.0. The van der Waals surface area contributed by atoms with Crippen molar-refractivity contribution >= 4 is 12.4 Å². The first kappa shape index (κ1) is 11.4. The number of aromatic nitrogens is 3. The van der Waals surface area contributed by atoms with Crippen molar-refractivity contribution in [2.45, 2.75) is 6.42 Å². The Labute approximate surface area is 89.0 Å². The highest BCUT2D eigenvalue weighted by Gasteiger charge is 2.15. The van der Waals surface area contributed by atoms with Crippen molar-refractivity contribution in [1.82, 2.24) is 20.7 Å².